The smallest absolute Gasteiger partial charge is 0.243 e. The molecular formula is C14H19N3O3. The first kappa shape index (κ1) is 14.5. The molecule has 1 heterocycles. The largest absolute Gasteiger partial charge is 0.378 e. The molecule has 0 spiro atoms. The third kappa shape index (κ3) is 3.79. The molecule has 1 aromatic rings. The van der Waals surface area contributed by atoms with Gasteiger partial charge in [-0.2, -0.15) is 0 Å². The zero-order valence-corrected chi connectivity index (χ0v) is 11.4. The summed E-state index contributed by atoms with van der Waals surface area (Å²) in [7, 11) is 1.59. The van der Waals surface area contributed by atoms with Crippen LogP contribution in [0.25, 0.3) is 0 Å². The number of likely N-dealkylation sites (N-methyl/N-ethyl adjacent to an activating group) is 1. The summed E-state index contributed by atoms with van der Waals surface area (Å²) >= 11 is 0. The van der Waals surface area contributed by atoms with Gasteiger partial charge in [0.15, 0.2) is 0 Å². The Morgan fingerprint density at radius 2 is 2.20 bits per heavy atom. The summed E-state index contributed by atoms with van der Waals surface area (Å²) in [6.07, 6.45) is 0.238. The van der Waals surface area contributed by atoms with Crippen LogP contribution in [-0.2, 0) is 20.7 Å². The highest BCUT2D eigenvalue weighted by atomic mass is 16.5. The van der Waals surface area contributed by atoms with E-state index < -0.39 is 0 Å². The number of carbonyl (C=O) groups is 2. The molecular weight excluding hydrogens is 258 g/mol. The number of anilines is 1. The highest BCUT2D eigenvalue weighted by Crippen LogP contribution is 2.16. The first-order chi connectivity index (χ1) is 9.70. The lowest BCUT2D eigenvalue weighted by Gasteiger charge is -2.23. The molecule has 6 nitrogen and oxygen atoms in total. The molecule has 3 N–H and O–H groups in total. The summed E-state index contributed by atoms with van der Waals surface area (Å²) in [5, 5.41) is 8.52. The highest BCUT2D eigenvalue weighted by Gasteiger charge is 2.21. The number of amides is 2. The Bertz CT molecular complexity index is 484. The van der Waals surface area contributed by atoms with Crippen LogP contribution >= 0.6 is 0 Å². The lowest BCUT2D eigenvalue weighted by Crippen LogP contribution is -2.48. The number of hydrogen-bond donors (Lipinski definition) is 3. The lowest BCUT2D eigenvalue weighted by atomic mass is 10.1. The Morgan fingerprint density at radius 3 is 2.90 bits per heavy atom. The fraction of sp³-hybridized carbons (Fsp3) is 0.429. The van der Waals surface area contributed by atoms with Gasteiger partial charge >= 0.3 is 0 Å². The Kier molecular flexibility index (Phi) is 5.09. The number of para-hydroxylation sites is 1. The maximum absolute atomic E-state index is 12.1. The normalized spacial score (nSPS) is 18.4. The third-order valence-electron chi connectivity index (χ3n) is 3.14. The summed E-state index contributed by atoms with van der Waals surface area (Å²) < 4.78 is 5.27. The van der Waals surface area contributed by atoms with Crippen molar-refractivity contribution in [2.45, 2.75) is 12.5 Å². The molecule has 2 rings (SSSR count). The molecule has 2 amide bonds. The number of rotatable bonds is 4. The van der Waals surface area contributed by atoms with Gasteiger partial charge in [0.2, 0.25) is 11.8 Å². The van der Waals surface area contributed by atoms with E-state index in [1.54, 1.807) is 13.1 Å². The van der Waals surface area contributed by atoms with Crippen molar-refractivity contribution in [2.24, 2.45) is 0 Å². The lowest BCUT2D eigenvalue weighted by molar-refractivity contribution is -0.121. The quantitative estimate of drug-likeness (QED) is 0.718. The molecule has 20 heavy (non-hydrogen) atoms. The van der Waals surface area contributed by atoms with Crippen molar-refractivity contribution < 1.29 is 14.3 Å². The number of benzene rings is 1. The van der Waals surface area contributed by atoms with Crippen molar-refractivity contribution in [1.82, 2.24) is 10.6 Å². The van der Waals surface area contributed by atoms with Gasteiger partial charge in [-0.3, -0.25) is 9.59 Å². The summed E-state index contributed by atoms with van der Waals surface area (Å²) in [5.41, 5.74) is 1.45. The zero-order chi connectivity index (χ0) is 14.4. The van der Waals surface area contributed by atoms with Gasteiger partial charge in [0.1, 0.15) is 6.04 Å². The number of nitrogens with one attached hydrogen (secondary N) is 3. The zero-order valence-electron chi connectivity index (χ0n) is 11.4. The van der Waals surface area contributed by atoms with E-state index in [1.807, 2.05) is 18.2 Å². The van der Waals surface area contributed by atoms with Gasteiger partial charge in [-0.25, -0.2) is 0 Å². The minimum atomic E-state index is -0.350. The van der Waals surface area contributed by atoms with Crippen molar-refractivity contribution in [2.75, 3.05) is 32.1 Å². The average molecular weight is 277 g/mol. The Balaban J connectivity index is 2.04. The molecule has 1 aromatic carbocycles. The Labute approximate surface area is 117 Å². The third-order valence-corrected chi connectivity index (χ3v) is 3.14. The predicted molar refractivity (Wildman–Crippen MR) is 75.5 cm³/mol. The molecule has 1 aliphatic rings. The van der Waals surface area contributed by atoms with Crippen LogP contribution in [0, 0.1) is 0 Å². The van der Waals surface area contributed by atoms with Crippen molar-refractivity contribution in [3.8, 4) is 0 Å². The summed E-state index contributed by atoms with van der Waals surface area (Å²) in [6.45, 7) is 1.65. The molecule has 108 valence electrons. The van der Waals surface area contributed by atoms with Crippen LogP contribution in [0.1, 0.15) is 5.56 Å². The van der Waals surface area contributed by atoms with Gasteiger partial charge in [0.25, 0.3) is 0 Å². The number of morpholine rings is 1. The molecule has 0 bridgehead atoms. The molecule has 0 aromatic heterocycles. The van der Waals surface area contributed by atoms with Gasteiger partial charge in [-0.15, -0.1) is 0 Å². The Hall–Kier alpha value is -1.92. The summed E-state index contributed by atoms with van der Waals surface area (Å²) in [6, 6.07) is 6.94. The molecule has 6 heteroatoms. The predicted octanol–water partition coefficient (Wildman–Crippen LogP) is -0.0980. The fourth-order valence-corrected chi connectivity index (χ4v) is 2.01. The SMILES string of the molecule is CNC(=O)Cc1ccccc1NC(=O)C1COCCN1. The van der Waals surface area contributed by atoms with Crippen molar-refractivity contribution in [3.05, 3.63) is 29.8 Å². The van der Waals surface area contributed by atoms with Gasteiger partial charge in [-0.1, -0.05) is 18.2 Å². The standard InChI is InChI=1S/C14H19N3O3/c1-15-13(18)8-10-4-2-3-5-11(10)17-14(19)12-9-20-7-6-16-12/h2-5,12,16H,6-9H2,1H3,(H,15,18)(H,17,19). The van der Waals surface area contributed by atoms with Crippen LogP contribution in [-0.4, -0.2) is 44.7 Å². The van der Waals surface area contributed by atoms with Crippen LogP contribution in [0.15, 0.2) is 24.3 Å². The maximum Gasteiger partial charge on any atom is 0.243 e. The molecule has 0 saturated carbocycles. The minimum absolute atomic E-state index is 0.0918. The van der Waals surface area contributed by atoms with Crippen molar-refractivity contribution in [1.29, 1.82) is 0 Å². The van der Waals surface area contributed by atoms with Crippen LogP contribution in [0.3, 0.4) is 0 Å². The van der Waals surface area contributed by atoms with E-state index in [4.69, 9.17) is 4.74 Å². The van der Waals surface area contributed by atoms with E-state index in [0.717, 1.165) is 5.56 Å². The number of carbonyl (C=O) groups excluding carboxylic acids is 2. The van der Waals surface area contributed by atoms with Gasteiger partial charge in [0, 0.05) is 19.3 Å². The first-order valence-corrected chi connectivity index (χ1v) is 6.61. The second kappa shape index (κ2) is 7.02. The number of ether oxygens (including phenoxy) is 1. The summed E-state index contributed by atoms with van der Waals surface area (Å²) in [4.78, 5) is 23.6. The molecule has 1 unspecified atom stereocenters. The van der Waals surface area contributed by atoms with E-state index in [9.17, 15) is 9.59 Å². The van der Waals surface area contributed by atoms with Crippen LogP contribution in [0.2, 0.25) is 0 Å². The molecule has 0 radical (unpaired) electrons. The molecule has 1 fully saturated rings. The average Bonchev–Trinajstić information content (AvgIpc) is 2.50. The van der Waals surface area contributed by atoms with E-state index >= 15 is 0 Å². The number of hydrogen-bond acceptors (Lipinski definition) is 4. The van der Waals surface area contributed by atoms with Crippen LogP contribution < -0.4 is 16.0 Å². The monoisotopic (exact) mass is 277 g/mol. The van der Waals surface area contributed by atoms with E-state index in [-0.39, 0.29) is 24.3 Å². The fourth-order valence-electron chi connectivity index (χ4n) is 2.01. The second-order valence-electron chi connectivity index (χ2n) is 4.58. The van der Waals surface area contributed by atoms with Crippen LogP contribution in [0.4, 0.5) is 5.69 Å². The molecule has 1 atom stereocenters. The van der Waals surface area contributed by atoms with E-state index in [1.165, 1.54) is 0 Å². The Morgan fingerprint density at radius 1 is 1.40 bits per heavy atom. The summed E-state index contributed by atoms with van der Waals surface area (Å²) in [5.74, 6) is -0.236. The van der Waals surface area contributed by atoms with Gasteiger partial charge < -0.3 is 20.7 Å². The van der Waals surface area contributed by atoms with Crippen molar-refractivity contribution in [3.63, 3.8) is 0 Å². The van der Waals surface area contributed by atoms with E-state index in [0.29, 0.717) is 25.4 Å². The topological polar surface area (TPSA) is 79.5 Å². The molecule has 0 aliphatic carbocycles. The molecule has 1 saturated heterocycles. The highest BCUT2D eigenvalue weighted by molar-refractivity contribution is 5.96. The second-order valence-corrected chi connectivity index (χ2v) is 4.58. The minimum Gasteiger partial charge on any atom is -0.378 e. The van der Waals surface area contributed by atoms with E-state index in [2.05, 4.69) is 16.0 Å². The first-order valence-electron chi connectivity index (χ1n) is 6.61. The maximum atomic E-state index is 12.1. The van der Waals surface area contributed by atoms with Crippen molar-refractivity contribution >= 4 is 17.5 Å². The van der Waals surface area contributed by atoms with Gasteiger partial charge in [-0.05, 0) is 11.6 Å². The molecule has 1 aliphatic heterocycles. The van der Waals surface area contributed by atoms with Crippen LogP contribution in [0.5, 0.6) is 0 Å². The van der Waals surface area contributed by atoms with Gasteiger partial charge in [0.05, 0.1) is 19.6 Å².